The summed E-state index contributed by atoms with van der Waals surface area (Å²) in [7, 11) is 1.47. The van der Waals surface area contributed by atoms with Crippen LogP contribution < -0.4 is 15.5 Å². The summed E-state index contributed by atoms with van der Waals surface area (Å²) in [4.78, 5) is 18.4. The Hall–Kier alpha value is -3.60. The second kappa shape index (κ2) is 10.8. The van der Waals surface area contributed by atoms with Crippen molar-refractivity contribution in [3.63, 3.8) is 0 Å². The van der Waals surface area contributed by atoms with Crippen LogP contribution in [0.25, 0.3) is 11.3 Å². The maximum Gasteiger partial charge on any atom is 0.250 e. The molecule has 1 saturated heterocycles. The summed E-state index contributed by atoms with van der Waals surface area (Å²) < 4.78 is 26.4. The number of nitrogens with one attached hydrogen (secondary N) is 2. The number of ether oxygens (including phenoxy) is 1. The van der Waals surface area contributed by atoms with Crippen molar-refractivity contribution in [3.05, 3.63) is 101 Å². The SMILES string of the molecule is COCC(=O)Nc1ccc(N2C(=S)N[C@H](c3ccccn3)[C@H]2c2ccc(-c3ccc(Br)cc3F)o2)cc1. The molecule has 2 aromatic heterocycles. The van der Waals surface area contributed by atoms with E-state index in [4.69, 9.17) is 21.4 Å². The van der Waals surface area contributed by atoms with Gasteiger partial charge in [-0.05, 0) is 78.9 Å². The molecule has 0 unspecified atom stereocenters. The summed E-state index contributed by atoms with van der Waals surface area (Å²) in [6, 6.07) is 20.7. The van der Waals surface area contributed by atoms with E-state index in [0.717, 1.165) is 11.4 Å². The number of methoxy groups -OCH3 is 1. The van der Waals surface area contributed by atoms with Gasteiger partial charge in [-0.1, -0.05) is 22.0 Å². The predicted octanol–water partition coefficient (Wildman–Crippen LogP) is 6.01. The number of carbonyl (C=O) groups is 1. The van der Waals surface area contributed by atoms with Gasteiger partial charge in [0.05, 0.1) is 17.3 Å². The number of pyridine rings is 1. The second-order valence-corrected chi connectivity index (χ2v) is 9.65. The third kappa shape index (κ3) is 5.27. The summed E-state index contributed by atoms with van der Waals surface area (Å²) in [5.41, 5.74) is 2.57. The number of halogens is 2. The number of nitrogens with zero attached hydrogens (tertiary/aromatic N) is 2. The molecule has 2 atom stereocenters. The third-order valence-corrected chi connectivity index (χ3v) is 6.73. The average molecular weight is 581 g/mol. The maximum atomic E-state index is 14.7. The standard InChI is InChI=1S/C27H22BrFN4O3S/c1-35-15-24(34)31-17-6-8-18(9-7-17)33-26(25(32-27(33)37)21-4-2-3-13-30-21)23-12-11-22(36-23)19-10-5-16(28)14-20(19)29/h2-14,25-26H,15H2,1H3,(H,31,34)(H,32,37)/t25-,26-/m1/s1. The van der Waals surface area contributed by atoms with Gasteiger partial charge >= 0.3 is 0 Å². The normalized spacial score (nSPS) is 17.1. The van der Waals surface area contributed by atoms with E-state index in [9.17, 15) is 9.18 Å². The number of amides is 1. The predicted molar refractivity (Wildman–Crippen MR) is 147 cm³/mol. The van der Waals surface area contributed by atoms with E-state index in [-0.39, 0.29) is 24.4 Å². The quantitative estimate of drug-likeness (QED) is 0.259. The average Bonchev–Trinajstić information content (AvgIpc) is 3.50. The first-order valence-electron chi connectivity index (χ1n) is 11.4. The lowest BCUT2D eigenvalue weighted by Gasteiger charge is -2.26. The van der Waals surface area contributed by atoms with Gasteiger partial charge in [0, 0.05) is 29.2 Å². The number of rotatable bonds is 7. The van der Waals surface area contributed by atoms with Gasteiger partial charge < -0.3 is 24.7 Å². The van der Waals surface area contributed by atoms with Gasteiger partial charge in [-0.25, -0.2) is 4.39 Å². The van der Waals surface area contributed by atoms with E-state index in [1.165, 1.54) is 13.2 Å². The van der Waals surface area contributed by atoms with Crippen LogP contribution >= 0.6 is 28.1 Å². The van der Waals surface area contributed by atoms with Gasteiger partial charge in [-0.15, -0.1) is 0 Å². The van der Waals surface area contributed by atoms with Crippen LogP contribution in [0, 0.1) is 5.82 Å². The molecule has 0 aliphatic carbocycles. The number of aromatic nitrogens is 1. The van der Waals surface area contributed by atoms with Crippen molar-refractivity contribution in [2.24, 2.45) is 0 Å². The van der Waals surface area contributed by atoms with Crippen LogP contribution in [-0.4, -0.2) is 29.7 Å². The Balaban J connectivity index is 1.52. The number of benzene rings is 2. The van der Waals surface area contributed by atoms with Crippen LogP contribution in [0.3, 0.4) is 0 Å². The first-order valence-corrected chi connectivity index (χ1v) is 12.6. The molecule has 0 bridgehead atoms. The van der Waals surface area contributed by atoms with Crippen LogP contribution in [0.4, 0.5) is 15.8 Å². The number of hydrogen-bond donors (Lipinski definition) is 2. The minimum Gasteiger partial charge on any atom is -0.459 e. The Morgan fingerprint density at radius 2 is 2.00 bits per heavy atom. The highest BCUT2D eigenvalue weighted by Gasteiger charge is 2.42. The first-order chi connectivity index (χ1) is 17.9. The molecule has 1 amide bonds. The summed E-state index contributed by atoms with van der Waals surface area (Å²) in [5.74, 6) is 0.371. The molecule has 5 rings (SSSR count). The molecule has 4 aromatic rings. The minimum atomic E-state index is -0.399. The molecule has 0 spiro atoms. The Bertz CT molecular complexity index is 1430. The van der Waals surface area contributed by atoms with Crippen molar-refractivity contribution in [3.8, 4) is 11.3 Å². The number of furan rings is 1. The molecule has 37 heavy (non-hydrogen) atoms. The molecule has 2 N–H and O–H groups in total. The van der Waals surface area contributed by atoms with E-state index in [0.29, 0.717) is 32.4 Å². The second-order valence-electron chi connectivity index (χ2n) is 8.35. The fourth-order valence-corrected chi connectivity index (χ4v) is 4.98. The van der Waals surface area contributed by atoms with E-state index < -0.39 is 6.04 Å². The van der Waals surface area contributed by atoms with Gasteiger partial charge in [0.25, 0.3) is 0 Å². The molecule has 10 heteroatoms. The number of carbonyl (C=O) groups excluding carboxylic acids is 1. The zero-order valence-corrected chi connectivity index (χ0v) is 22.1. The summed E-state index contributed by atoms with van der Waals surface area (Å²) in [6.45, 7) is -0.0322. The number of anilines is 2. The van der Waals surface area contributed by atoms with Gasteiger partial charge in [-0.3, -0.25) is 9.78 Å². The molecule has 0 saturated carbocycles. The van der Waals surface area contributed by atoms with E-state index >= 15 is 0 Å². The van der Waals surface area contributed by atoms with Crippen molar-refractivity contribution in [1.29, 1.82) is 0 Å². The molecular formula is C27H22BrFN4O3S. The van der Waals surface area contributed by atoms with Crippen LogP contribution in [0.2, 0.25) is 0 Å². The molecule has 1 aliphatic rings. The molecule has 0 radical (unpaired) electrons. The monoisotopic (exact) mass is 580 g/mol. The summed E-state index contributed by atoms with van der Waals surface area (Å²) >= 11 is 9.03. The minimum absolute atomic E-state index is 0.0322. The topological polar surface area (TPSA) is 79.6 Å². The fourth-order valence-electron chi connectivity index (χ4n) is 4.30. The van der Waals surface area contributed by atoms with Crippen molar-refractivity contribution in [1.82, 2.24) is 10.3 Å². The van der Waals surface area contributed by atoms with Crippen LogP contribution in [0.5, 0.6) is 0 Å². The van der Waals surface area contributed by atoms with Gasteiger partial charge in [0.1, 0.15) is 30.0 Å². The van der Waals surface area contributed by atoms with Crippen LogP contribution in [-0.2, 0) is 9.53 Å². The Kier molecular flexibility index (Phi) is 7.31. The highest BCUT2D eigenvalue weighted by atomic mass is 79.9. The number of thiocarbonyl (C=S) groups is 1. The van der Waals surface area contributed by atoms with Crippen molar-refractivity contribution >= 4 is 50.5 Å². The number of hydrogen-bond acceptors (Lipinski definition) is 5. The zero-order chi connectivity index (χ0) is 25.9. The fraction of sp³-hybridized carbons (Fsp3) is 0.148. The largest absolute Gasteiger partial charge is 0.459 e. The third-order valence-electron chi connectivity index (χ3n) is 5.92. The highest BCUT2D eigenvalue weighted by Crippen LogP contribution is 2.43. The van der Waals surface area contributed by atoms with Crippen molar-refractivity contribution in [2.75, 3.05) is 23.9 Å². The van der Waals surface area contributed by atoms with Gasteiger partial charge in [0.2, 0.25) is 5.91 Å². The first kappa shape index (κ1) is 25.1. The molecular weight excluding hydrogens is 559 g/mol. The molecule has 3 heterocycles. The van der Waals surface area contributed by atoms with Crippen molar-refractivity contribution < 1.29 is 18.3 Å². The lowest BCUT2D eigenvalue weighted by atomic mass is 10.0. The molecule has 2 aromatic carbocycles. The Morgan fingerprint density at radius 3 is 2.70 bits per heavy atom. The summed E-state index contributed by atoms with van der Waals surface area (Å²) in [5, 5.41) is 6.64. The van der Waals surface area contributed by atoms with Crippen LogP contribution in [0.1, 0.15) is 23.5 Å². The van der Waals surface area contributed by atoms with Gasteiger partial charge in [0.15, 0.2) is 5.11 Å². The summed E-state index contributed by atoms with van der Waals surface area (Å²) in [6.07, 6.45) is 1.72. The molecule has 7 nitrogen and oxygen atoms in total. The van der Waals surface area contributed by atoms with Crippen molar-refractivity contribution in [2.45, 2.75) is 12.1 Å². The lowest BCUT2D eigenvalue weighted by Crippen LogP contribution is -2.29. The van der Waals surface area contributed by atoms with Crippen LogP contribution in [0.15, 0.2) is 87.9 Å². The van der Waals surface area contributed by atoms with E-state index in [1.807, 2.05) is 41.3 Å². The smallest absolute Gasteiger partial charge is 0.250 e. The molecule has 188 valence electrons. The van der Waals surface area contributed by atoms with Gasteiger partial charge in [-0.2, -0.15) is 0 Å². The van der Waals surface area contributed by atoms with E-state index in [2.05, 4.69) is 31.5 Å². The lowest BCUT2D eigenvalue weighted by molar-refractivity contribution is -0.119. The maximum absolute atomic E-state index is 14.7. The zero-order valence-electron chi connectivity index (χ0n) is 19.7. The highest BCUT2D eigenvalue weighted by molar-refractivity contribution is 9.10. The molecule has 1 fully saturated rings. The Morgan fingerprint density at radius 1 is 1.19 bits per heavy atom. The Labute approximate surface area is 226 Å². The molecule has 1 aliphatic heterocycles. The van der Waals surface area contributed by atoms with E-state index in [1.54, 1.807) is 36.5 Å².